The second kappa shape index (κ2) is 12.1. The van der Waals surface area contributed by atoms with Gasteiger partial charge in [-0.3, -0.25) is 0 Å². The first-order valence-electron chi connectivity index (χ1n) is 11.5. The lowest BCUT2D eigenvalue weighted by atomic mass is 10.1. The molecule has 0 saturated heterocycles. The summed E-state index contributed by atoms with van der Waals surface area (Å²) in [5, 5.41) is 9.37. The van der Waals surface area contributed by atoms with Crippen LogP contribution in [0.4, 0.5) is 35.2 Å². The molecule has 210 valence electrons. The number of nitrogens with zero attached hydrogens (tertiary/aromatic N) is 5. The number of anilines is 3. The highest BCUT2D eigenvalue weighted by Gasteiger charge is 2.31. The van der Waals surface area contributed by atoms with Crippen LogP contribution in [-0.2, 0) is 6.18 Å². The van der Waals surface area contributed by atoms with Gasteiger partial charge in [0, 0.05) is 24.2 Å². The summed E-state index contributed by atoms with van der Waals surface area (Å²) < 4.78 is 46.7. The minimum Gasteiger partial charge on any atom is -0.424 e. The zero-order chi connectivity index (χ0) is 28.3. The highest BCUT2D eigenvalue weighted by molar-refractivity contribution is 6.30. The van der Waals surface area contributed by atoms with E-state index in [0.29, 0.717) is 22.2 Å². The van der Waals surface area contributed by atoms with Crippen LogP contribution in [0.15, 0.2) is 85.6 Å². The predicted octanol–water partition coefficient (Wildman–Crippen LogP) is 6.84. The molecule has 3 aromatic heterocycles. The highest BCUT2D eigenvalue weighted by atomic mass is 35.5. The van der Waals surface area contributed by atoms with Gasteiger partial charge in [0.25, 0.3) is 0 Å². The third kappa shape index (κ3) is 7.01. The fraction of sp³-hybridized carbons (Fsp3) is 0.0385. The number of halogens is 5. The molecule has 0 aliphatic heterocycles. The lowest BCUT2D eigenvalue weighted by Gasteiger charge is -2.15. The Bertz CT molecular complexity index is 1650. The Labute approximate surface area is 241 Å². The summed E-state index contributed by atoms with van der Waals surface area (Å²) in [4.78, 5) is 24.7. The average molecular weight is 603 g/mol. The molecule has 0 aliphatic carbocycles. The van der Waals surface area contributed by atoms with Crippen molar-refractivity contribution in [2.24, 2.45) is 0 Å². The smallest absolute Gasteiger partial charge is 0.416 e. The van der Waals surface area contributed by atoms with Gasteiger partial charge >= 0.3 is 18.2 Å². The number of ether oxygens (including phenoxy) is 1. The van der Waals surface area contributed by atoms with Crippen molar-refractivity contribution in [3.05, 3.63) is 96.2 Å². The molecule has 0 saturated carbocycles. The zero-order valence-corrected chi connectivity index (χ0v) is 22.2. The summed E-state index contributed by atoms with van der Waals surface area (Å²) >= 11 is 6.01. The third-order valence-electron chi connectivity index (χ3n) is 5.47. The van der Waals surface area contributed by atoms with Crippen molar-refractivity contribution in [3.63, 3.8) is 0 Å². The number of nitrogen functional groups attached to an aromatic ring is 1. The second-order valence-electron chi connectivity index (χ2n) is 8.23. The molecule has 0 radical (unpaired) electrons. The van der Waals surface area contributed by atoms with E-state index in [9.17, 15) is 18.0 Å². The number of hydrogen-bond donors (Lipinski definition) is 3. The predicted molar refractivity (Wildman–Crippen MR) is 150 cm³/mol. The number of rotatable bonds is 6. The van der Waals surface area contributed by atoms with E-state index in [1.807, 2.05) is 0 Å². The van der Waals surface area contributed by atoms with Crippen molar-refractivity contribution < 1.29 is 22.7 Å². The Hall–Kier alpha value is -4.88. The molecule has 0 aliphatic rings. The molecular formula is C26H19Cl2F3N8O2. The van der Waals surface area contributed by atoms with Gasteiger partial charge in [-0.1, -0.05) is 23.7 Å². The highest BCUT2D eigenvalue weighted by Crippen LogP contribution is 2.33. The van der Waals surface area contributed by atoms with E-state index >= 15 is 0 Å². The molecule has 2 aromatic carbocycles. The zero-order valence-electron chi connectivity index (χ0n) is 20.6. The number of carbonyl (C=O) groups is 1. The Morgan fingerprint density at radius 2 is 1.71 bits per heavy atom. The second-order valence-corrected chi connectivity index (χ2v) is 8.66. The summed E-state index contributed by atoms with van der Waals surface area (Å²) in [6.07, 6.45) is 2.43. The normalized spacial score (nSPS) is 10.9. The molecule has 2 amide bonds. The van der Waals surface area contributed by atoms with E-state index in [2.05, 4.69) is 30.7 Å². The van der Waals surface area contributed by atoms with Crippen LogP contribution < -0.4 is 21.1 Å². The molecule has 10 nitrogen and oxygen atoms in total. The van der Waals surface area contributed by atoms with E-state index in [4.69, 9.17) is 22.1 Å². The lowest BCUT2D eigenvalue weighted by molar-refractivity contribution is -0.137. The quantitative estimate of drug-likeness (QED) is 0.194. The third-order valence-corrected chi connectivity index (χ3v) is 5.68. The summed E-state index contributed by atoms with van der Waals surface area (Å²) in [5.74, 6) is 0.769. The van der Waals surface area contributed by atoms with Crippen molar-refractivity contribution >= 4 is 47.2 Å². The summed E-state index contributed by atoms with van der Waals surface area (Å²) in [6, 6.07) is 12.4. The number of alkyl halides is 3. The number of benzene rings is 2. The minimum absolute atomic E-state index is 0. The van der Waals surface area contributed by atoms with Gasteiger partial charge in [0.2, 0.25) is 0 Å². The molecule has 0 bridgehead atoms. The van der Waals surface area contributed by atoms with Crippen LogP contribution in [0.1, 0.15) is 5.56 Å². The maximum atomic E-state index is 13.3. The summed E-state index contributed by atoms with van der Waals surface area (Å²) in [6.45, 7) is 0. The summed E-state index contributed by atoms with van der Waals surface area (Å²) in [5.41, 5.74) is 6.77. The molecule has 0 atom stereocenters. The van der Waals surface area contributed by atoms with Gasteiger partial charge < -0.3 is 21.1 Å². The first-order valence-corrected chi connectivity index (χ1v) is 11.8. The van der Waals surface area contributed by atoms with Crippen LogP contribution in [0.25, 0.3) is 16.8 Å². The Morgan fingerprint density at radius 1 is 0.976 bits per heavy atom. The number of amides is 2. The number of carbonyl (C=O) groups excluding carboxylic acids is 1. The van der Waals surface area contributed by atoms with E-state index in [1.54, 1.807) is 36.4 Å². The molecule has 0 spiro atoms. The molecule has 0 fully saturated rings. The molecule has 5 rings (SSSR count). The van der Waals surface area contributed by atoms with E-state index in [0.717, 1.165) is 17.7 Å². The van der Waals surface area contributed by atoms with E-state index in [1.165, 1.54) is 41.7 Å². The van der Waals surface area contributed by atoms with Gasteiger partial charge in [-0.25, -0.2) is 24.4 Å². The van der Waals surface area contributed by atoms with Gasteiger partial charge in [-0.05, 0) is 48.0 Å². The van der Waals surface area contributed by atoms with Crippen molar-refractivity contribution in [1.82, 2.24) is 24.7 Å². The largest absolute Gasteiger partial charge is 0.424 e. The SMILES string of the molecule is Cl.Nc1ncc(Cl)cc1-c1ccc(Oc2ncc(NC(=O)Nc3cc(C(F)(F)F)ccc3-n3cccn3)cn2)cc1. The van der Waals surface area contributed by atoms with Crippen LogP contribution in [0.3, 0.4) is 0 Å². The average Bonchev–Trinajstić information content (AvgIpc) is 3.46. The molecule has 0 unspecified atom stereocenters. The Balaban J connectivity index is 0.00000387. The van der Waals surface area contributed by atoms with Crippen LogP contribution in [0.5, 0.6) is 11.8 Å². The number of hydrogen-bond acceptors (Lipinski definition) is 7. The van der Waals surface area contributed by atoms with Crippen molar-refractivity contribution in [3.8, 4) is 28.6 Å². The molecular weight excluding hydrogens is 584 g/mol. The Kier molecular flexibility index (Phi) is 8.59. The van der Waals surface area contributed by atoms with Crippen molar-refractivity contribution in [2.45, 2.75) is 6.18 Å². The summed E-state index contributed by atoms with van der Waals surface area (Å²) in [7, 11) is 0. The first kappa shape index (κ1) is 29.1. The van der Waals surface area contributed by atoms with Crippen molar-refractivity contribution in [1.29, 1.82) is 0 Å². The van der Waals surface area contributed by atoms with Gasteiger partial charge in [0.1, 0.15) is 11.6 Å². The number of nitrogens with one attached hydrogen (secondary N) is 2. The van der Waals surface area contributed by atoms with Crippen LogP contribution in [0.2, 0.25) is 5.02 Å². The monoisotopic (exact) mass is 602 g/mol. The van der Waals surface area contributed by atoms with Gasteiger partial charge in [0.15, 0.2) is 0 Å². The maximum Gasteiger partial charge on any atom is 0.416 e. The number of urea groups is 1. The van der Waals surface area contributed by atoms with Crippen LogP contribution in [-0.4, -0.2) is 30.8 Å². The first-order chi connectivity index (χ1) is 19.2. The van der Waals surface area contributed by atoms with E-state index in [-0.39, 0.29) is 35.5 Å². The Morgan fingerprint density at radius 3 is 2.37 bits per heavy atom. The van der Waals surface area contributed by atoms with Gasteiger partial charge in [-0.2, -0.15) is 18.3 Å². The number of nitrogens with two attached hydrogens (primary N) is 1. The molecule has 5 aromatic rings. The fourth-order valence-corrected chi connectivity index (χ4v) is 3.79. The van der Waals surface area contributed by atoms with Crippen molar-refractivity contribution in [2.75, 3.05) is 16.4 Å². The molecule has 15 heteroatoms. The van der Waals surface area contributed by atoms with Crippen LogP contribution in [0, 0.1) is 0 Å². The topological polar surface area (TPSA) is 133 Å². The molecule has 3 heterocycles. The maximum absolute atomic E-state index is 13.3. The lowest BCUT2D eigenvalue weighted by Crippen LogP contribution is -2.21. The minimum atomic E-state index is -4.60. The standard InChI is InChI=1S/C26H18ClF3N8O2.ClH/c27-17-11-20(23(31)32-12-17)15-2-5-19(6-3-15)40-25-33-13-18(14-34-25)36-24(39)37-21-10-16(26(28,29)30)4-7-22(21)38-9-1-8-35-38;/h1-14H,(H2,31,32)(H2,36,37,39);1H. The molecule has 4 N–H and O–H groups in total. The van der Waals surface area contributed by atoms with E-state index < -0.39 is 17.8 Å². The van der Waals surface area contributed by atoms with Gasteiger partial charge in [-0.15, -0.1) is 12.4 Å². The molecule has 41 heavy (non-hydrogen) atoms. The number of pyridine rings is 1. The van der Waals surface area contributed by atoms with Gasteiger partial charge in [0.05, 0.1) is 40.0 Å². The van der Waals surface area contributed by atoms with Crippen LogP contribution >= 0.6 is 24.0 Å². The fourth-order valence-electron chi connectivity index (χ4n) is 3.63. The number of aromatic nitrogens is 5.